The Bertz CT molecular complexity index is 504. The Balaban J connectivity index is 1.77. The van der Waals surface area contributed by atoms with Gasteiger partial charge in [0.25, 0.3) is 0 Å². The molecule has 0 radical (unpaired) electrons. The van der Waals surface area contributed by atoms with Gasteiger partial charge in [-0.3, -0.25) is 5.10 Å². The molecule has 0 saturated heterocycles. The Hall–Kier alpha value is -1.82. The molecule has 0 bridgehead atoms. The molecule has 0 aliphatic heterocycles. The van der Waals surface area contributed by atoms with E-state index in [4.69, 9.17) is 9.26 Å². The van der Waals surface area contributed by atoms with E-state index in [0.29, 0.717) is 30.7 Å². The van der Waals surface area contributed by atoms with Gasteiger partial charge < -0.3 is 14.6 Å². The molecule has 0 fully saturated rings. The minimum Gasteiger partial charge on any atom is -0.468 e. The minimum absolute atomic E-state index is 0.335. The largest absolute Gasteiger partial charge is 0.468 e. The number of hydrogen-bond donors (Lipinski definition) is 2. The minimum atomic E-state index is 0.335. The summed E-state index contributed by atoms with van der Waals surface area (Å²) in [6.07, 6.45) is 0. The molecule has 6 nitrogen and oxygen atoms in total. The molecule has 2 rings (SSSR count). The van der Waals surface area contributed by atoms with E-state index in [0.717, 1.165) is 17.9 Å². The molecule has 0 spiro atoms. The Morgan fingerprint density at radius 3 is 2.95 bits per heavy atom. The number of rotatable bonds is 7. The van der Waals surface area contributed by atoms with Crippen molar-refractivity contribution in [1.29, 1.82) is 0 Å². The van der Waals surface area contributed by atoms with E-state index in [1.165, 1.54) is 0 Å². The second-order valence-corrected chi connectivity index (χ2v) is 4.99. The first-order valence-electron chi connectivity index (χ1n) is 6.43. The number of ether oxygens (including phenoxy) is 1. The molecule has 0 atom stereocenters. The highest BCUT2D eigenvalue weighted by molar-refractivity contribution is 5.13. The zero-order valence-corrected chi connectivity index (χ0v) is 11.6. The Labute approximate surface area is 112 Å². The van der Waals surface area contributed by atoms with E-state index >= 15 is 0 Å². The van der Waals surface area contributed by atoms with Gasteiger partial charge in [-0.2, -0.15) is 0 Å². The highest BCUT2D eigenvalue weighted by atomic mass is 16.5. The van der Waals surface area contributed by atoms with Crippen LogP contribution in [0.3, 0.4) is 0 Å². The van der Waals surface area contributed by atoms with E-state index in [1.807, 2.05) is 19.1 Å². The van der Waals surface area contributed by atoms with Gasteiger partial charge in [-0.1, -0.05) is 19.0 Å². The third-order valence-corrected chi connectivity index (χ3v) is 2.51. The molecule has 2 N–H and O–H groups in total. The summed E-state index contributed by atoms with van der Waals surface area (Å²) in [5, 5.41) is 14.1. The molecule has 2 heterocycles. The second kappa shape index (κ2) is 6.38. The van der Waals surface area contributed by atoms with Crippen molar-refractivity contribution in [3.63, 3.8) is 0 Å². The quantitative estimate of drug-likeness (QED) is 0.800. The van der Waals surface area contributed by atoms with Crippen molar-refractivity contribution in [1.82, 2.24) is 20.7 Å². The van der Waals surface area contributed by atoms with Gasteiger partial charge in [0.05, 0.1) is 5.69 Å². The van der Waals surface area contributed by atoms with Crippen LogP contribution in [-0.4, -0.2) is 21.9 Å². The Morgan fingerprint density at radius 1 is 1.42 bits per heavy atom. The van der Waals surface area contributed by atoms with E-state index in [1.54, 1.807) is 0 Å². The summed E-state index contributed by atoms with van der Waals surface area (Å²) in [6.45, 7) is 8.27. The number of nitrogens with one attached hydrogen (secondary N) is 2. The van der Waals surface area contributed by atoms with Crippen LogP contribution in [-0.2, 0) is 13.2 Å². The second-order valence-electron chi connectivity index (χ2n) is 4.99. The lowest BCUT2D eigenvalue weighted by molar-refractivity contribution is 0.240. The summed E-state index contributed by atoms with van der Waals surface area (Å²) in [5.41, 5.74) is 1.85. The predicted molar refractivity (Wildman–Crippen MR) is 70.7 cm³/mol. The van der Waals surface area contributed by atoms with Crippen molar-refractivity contribution in [2.75, 3.05) is 6.54 Å². The highest BCUT2D eigenvalue weighted by Gasteiger charge is 2.06. The molecule has 0 aromatic carbocycles. The fourth-order valence-corrected chi connectivity index (χ4v) is 1.61. The maximum absolute atomic E-state index is 5.47. The van der Waals surface area contributed by atoms with Crippen molar-refractivity contribution in [2.24, 2.45) is 5.92 Å². The van der Waals surface area contributed by atoms with Gasteiger partial charge in [-0.15, -0.1) is 5.10 Å². The Morgan fingerprint density at radius 2 is 2.26 bits per heavy atom. The van der Waals surface area contributed by atoms with Crippen LogP contribution >= 0.6 is 0 Å². The fourth-order valence-electron chi connectivity index (χ4n) is 1.61. The molecular formula is C13H20N4O2. The number of hydrogen-bond acceptors (Lipinski definition) is 5. The molecule has 2 aromatic heterocycles. The number of aryl methyl sites for hydroxylation is 1. The number of H-pyrrole nitrogens is 1. The van der Waals surface area contributed by atoms with Crippen molar-refractivity contribution >= 4 is 0 Å². The van der Waals surface area contributed by atoms with Crippen LogP contribution in [0.5, 0.6) is 5.88 Å². The Kier molecular flexibility index (Phi) is 4.57. The summed E-state index contributed by atoms with van der Waals surface area (Å²) in [4.78, 5) is 0. The van der Waals surface area contributed by atoms with Crippen molar-refractivity contribution in [3.05, 3.63) is 29.3 Å². The summed E-state index contributed by atoms with van der Waals surface area (Å²) in [7, 11) is 0. The van der Waals surface area contributed by atoms with Crippen LogP contribution in [0.4, 0.5) is 0 Å². The lowest BCUT2D eigenvalue weighted by Crippen LogP contribution is -2.19. The zero-order chi connectivity index (χ0) is 13.7. The molecule has 0 unspecified atom stereocenters. The molecular weight excluding hydrogens is 244 g/mol. The van der Waals surface area contributed by atoms with Gasteiger partial charge in [0.1, 0.15) is 0 Å². The normalized spacial score (nSPS) is 11.2. The smallest absolute Gasteiger partial charge is 0.233 e. The van der Waals surface area contributed by atoms with Crippen LogP contribution in [0.1, 0.15) is 31.0 Å². The molecule has 0 saturated carbocycles. The van der Waals surface area contributed by atoms with Gasteiger partial charge in [0.2, 0.25) is 5.88 Å². The van der Waals surface area contributed by atoms with Crippen LogP contribution in [0, 0.1) is 12.8 Å². The first-order chi connectivity index (χ1) is 9.13. The average Bonchev–Trinajstić information content (AvgIpc) is 2.95. The molecule has 0 aliphatic rings. The van der Waals surface area contributed by atoms with Crippen molar-refractivity contribution in [3.8, 4) is 5.88 Å². The molecule has 19 heavy (non-hydrogen) atoms. The van der Waals surface area contributed by atoms with Crippen LogP contribution in [0.15, 0.2) is 16.7 Å². The van der Waals surface area contributed by atoms with E-state index in [2.05, 4.69) is 34.5 Å². The maximum Gasteiger partial charge on any atom is 0.233 e. The monoisotopic (exact) mass is 264 g/mol. The molecule has 104 valence electrons. The first kappa shape index (κ1) is 13.6. The number of aromatic nitrogens is 3. The van der Waals surface area contributed by atoms with Gasteiger partial charge in [-0.25, -0.2) is 0 Å². The fraction of sp³-hybridized carbons (Fsp3) is 0.538. The third-order valence-electron chi connectivity index (χ3n) is 2.51. The zero-order valence-electron chi connectivity index (χ0n) is 11.6. The van der Waals surface area contributed by atoms with Gasteiger partial charge in [0, 0.05) is 24.4 Å². The van der Waals surface area contributed by atoms with Crippen molar-refractivity contribution < 1.29 is 9.26 Å². The summed E-state index contributed by atoms with van der Waals surface area (Å²) in [5.74, 6) is 1.88. The average molecular weight is 264 g/mol. The predicted octanol–water partition coefficient (Wildman–Crippen LogP) is 2.03. The summed E-state index contributed by atoms with van der Waals surface area (Å²) in [6, 6.07) is 3.73. The standard InChI is InChI=1S/C13H20N4O2/c1-9(2)6-14-7-11-5-12(19-17-11)8-18-13-4-10(3)15-16-13/h4-5,9,14H,6-8H2,1-3H3,(H,15,16). The maximum atomic E-state index is 5.47. The van der Waals surface area contributed by atoms with Gasteiger partial charge in [-0.05, 0) is 19.4 Å². The topological polar surface area (TPSA) is 76.0 Å². The van der Waals surface area contributed by atoms with Gasteiger partial charge in [0.15, 0.2) is 12.4 Å². The van der Waals surface area contributed by atoms with Crippen LogP contribution in [0.2, 0.25) is 0 Å². The molecule has 6 heteroatoms. The summed E-state index contributed by atoms with van der Waals surface area (Å²) >= 11 is 0. The number of nitrogens with zero attached hydrogens (tertiary/aromatic N) is 2. The lowest BCUT2D eigenvalue weighted by Gasteiger charge is -2.04. The third kappa shape index (κ3) is 4.40. The van der Waals surface area contributed by atoms with Crippen molar-refractivity contribution in [2.45, 2.75) is 33.9 Å². The lowest BCUT2D eigenvalue weighted by atomic mass is 10.2. The highest BCUT2D eigenvalue weighted by Crippen LogP contribution is 2.11. The van der Waals surface area contributed by atoms with E-state index in [-0.39, 0.29) is 0 Å². The molecule has 0 amide bonds. The SMILES string of the molecule is Cc1cc(OCc2cc(CNCC(C)C)no2)n[nH]1. The molecule has 2 aromatic rings. The molecule has 0 aliphatic carbocycles. The van der Waals surface area contributed by atoms with E-state index < -0.39 is 0 Å². The first-order valence-corrected chi connectivity index (χ1v) is 6.43. The van der Waals surface area contributed by atoms with Gasteiger partial charge >= 0.3 is 0 Å². The van der Waals surface area contributed by atoms with E-state index in [9.17, 15) is 0 Å². The number of aromatic amines is 1. The van der Waals surface area contributed by atoms with Crippen LogP contribution in [0.25, 0.3) is 0 Å². The van der Waals surface area contributed by atoms with Crippen LogP contribution < -0.4 is 10.1 Å². The summed E-state index contributed by atoms with van der Waals surface area (Å²) < 4.78 is 10.7.